The summed E-state index contributed by atoms with van der Waals surface area (Å²) in [5.41, 5.74) is 16.8. The highest BCUT2D eigenvalue weighted by atomic mass is 28.3. The van der Waals surface area contributed by atoms with Gasteiger partial charge in [0.1, 0.15) is 8.07 Å². The van der Waals surface area contributed by atoms with E-state index in [4.69, 9.17) is 0 Å². The van der Waals surface area contributed by atoms with Crippen molar-refractivity contribution < 1.29 is 0 Å². The molecule has 9 aromatic rings. The van der Waals surface area contributed by atoms with E-state index in [2.05, 4.69) is 244 Å². The molecule has 1 nitrogen and oxygen atoms in total. The standard InChI is InChI=1S/C59H47NSi2/c1-59(2)53-27-15-11-23-47(53)48-33-31-42(38-54(48)59)60(43-32-34-52-49-24-12-16-28-55(49)61(3,4)58(52)39-43)44-35-41(40-19-7-5-8-20-40)36-46(37-44)62(45-21-9-6-10-22-45)56-29-17-13-25-50(56)51-26-14-18-30-57(51)62/h5-39H,1-4H3. The van der Waals surface area contributed by atoms with Crippen molar-refractivity contribution in [1.82, 2.24) is 0 Å². The van der Waals surface area contributed by atoms with Crippen LogP contribution in [-0.2, 0) is 5.41 Å². The van der Waals surface area contributed by atoms with Crippen LogP contribution >= 0.6 is 0 Å². The van der Waals surface area contributed by atoms with Gasteiger partial charge in [0.05, 0.1) is 0 Å². The molecule has 0 amide bonds. The van der Waals surface area contributed by atoms with E-state index in [1.54, 1.807) is 0 Å². The Kier molecular flexibility index (Phi) is 8.12. The summed E-state index contributed by atoms with van der Waals surface area (Å²) in [7, 11) is -4.85. The molecule has 0 N–H and O–H groups in total. The van der Waals surface area contributed by atoms with Crippen LogP contribution in [0.2, 0.25) is 13.1 Å². The normalized spacial score (nSPS) is 15.2. The number of hydrogen-bond acceptors (Lipinski definition) is 1. The van der Waals surface area contributed by atoms with Crippen molar-refractivity contribution in [3.8, 4) is 44.5 Å². The van der Waals surface area contributed by atoms with E-state index in [0.717, 1.165) is 0 Å². The van der Waals surface area contributed by atoms with Gasteiger partial charge >= 0.3 is 0 Å². The van der Waals surface area contributed by atoms with Gasteiger partial charge in [-0.15, -0.1) is 0 Å². The van der Waals surface area contributed by atoms with Crippen molar-refractivity contribution >= 4 is 64.3 Å². The molecule has 62 heavy (non-hydrogen) atoms. The molecule has 3 aliphatic rings. The second-order valence-electron chi connectivity index (χ2n) is 18.5. The zero-order valence-electron chi connectivity index (χ0n) is 35.7. The van der Waals surface area contributed by atoms with E-state index >= 15 is 0 Å². The molecule has 2 aliphatic heterocycles. The highest BCUT2D eigenvalue weighted by Crippen LogP contribution is 2.51. The first kappa shape index (κ1) is 37.0. The first-order valence-electron chi connectivity index (χ1n) is 22.0. The summed E-state index contributed by atoms with van der Waals surface area (Å²) >= 11 is 0. The third kappa shape index (κ3) is 5.19. The van der Waals surface area contributed by atoms with Crippen LogP contribution in [0.25, 0.3) is 44.5 Å². The van der Waals surface area contributed by atoms with Gasteiger partial charge in [0.2, 0.25) is 0 Å². The highest BCUT2D eigenvalue weighted by molar-refractivity contribution is 7.22. The molecule has 0 saturated carbocycles. The Morgan fingerprint density at radius 1 is 0.339 bits per heavy atom. The van der Waals surface area contributed by atoms with Gasteiger partial charge in [-0.1, -0.05) is 203 Å². The van der Waals surface area contributed by atoms with E-state index < -0.39 is 16.1 Å². The molecule has 9 aromatic carbocycles. The smallest absolute Gasteiger partial charge is 0.180 e. The summed E-state index contributed by atoms with van der Waals surface area (Å²) in [6.07, 6.45) is 0. The van der Waals surface area contributed by atoms with Crippen LogP contribution in [0, 0.1) is 0 Å². The van der Waals surface area contributed by atoms with Crippen molar-refractivity contribution in [3.05, 3.63) is 223 Å². The van der Waals surface area contributed by atoms with Crippen LogP contribution in [0.5, 0.6) is 0 Å². The number of hydrogen-bond donors (Lipinski definition) is 0. The van der Waals surface area contributed by atoms with E-state index in [0.29, 0.717) is 0 Å². The second kappa shape index (κ2) is 13.6. The van der Waals surface area contributed by atoms with Crippen LogP contribution in [0.15, 0.2) is 212 Å². The van der Waals surface area contributed by atoms with Crippen molar-refractivity contribution in [1.29, 1.82) is 0 Å². The minimum atomic E-state index is -2.85. The average Bonchev–Trinajstić information content (AvgIpc) is 3.84. The molecule has 0 spiro atoms. The van der Waals surface area contributed by atoms with Crippen molar-refractivity contribution in [2.24, 2.45) is 0 Å². The lowest BCUT2D eigenvalue weighted by Crippen LogP contribution is -2.72. The number of benzene rings is 9. The minimum absolute atomic E-state index is 0.138. The summed E-state index contributed by atoms with van der Waals surface area (Å²) in [6.45, 7) is 9.84. The second-order valence-corrected chi connectivity index (χ2v) is 26.5. The summed E-state index contributed by atoms with van der Waals surface area (Å²) < 4.78 is 0. The monoisotopic (exact) mass is 825 g/mol. The average molecular weight is 826 g/mol. The van der Waals surface area contributed by atoms with E-state index in [9.17, 15) is 0 Å². The van der Waals surface area contributed by atoms with Gasteiger partial charge in [0, 0.05) is 22.5 Å². The van der Waals surface area contributed by atoms with Crippen molar-refractivity contribution in [3.63, 3.8) is 0 Å². The molecule has 2 heterocycles. The zero-order chi connectivity index (χ0) is 41.8. The van der Waals surface area contributed by atoms with Crippen LogP contribution in [0.4, 0.5) is 17.1 Å². The lowest BCUT2D eigenvalue weighted by Gasteiger charge is -2.34. The third-order valence-corrected chi connectivity index (χ3v) is 22.9. The number of anilines is 3. The summed E-state index contributed by atoms with van der Waals surface area (Å²) in [5, 5.41) is 8.73. The van der Waals surface area contributed by atoms with Gasteiger partial charge in [0.15, 0.2) is 8.07 Å². The van der Waals surface area contributed by atoms with Gasteiger partial charge in [-0.3, -0.25) is 0 Å². The quantitative estimate of drug-likeness (QED) is 0.151. The highest BCUT2D eigenvalue weighted by Gasteiger charge is 2.49. The molecule has 0 atom stereocenters. The van der Waals surface area contributed by atoms with E-state index in [1.165, 1.54) is 104 Å². The maximum Gasteiger partial charge on any atom is 0.180 e. The Hall–Kier alpha value is -6.79. The summed E-state index contributed by atoms with van der Waals surface area (Å²) in [5.74, 6) is 0. The van der Waals surface area contributed by atoms with Crippen LogP contribution < -0.4 is 36.0 Å². The van der Waals surface area contributed by atoms with Gasteiger partial charge in [-0.2, -0.15) is 0 Å². The van der Waals surface area contributed by atoms with Crippen LogP contribution in [-0.4, -0.2) is 16.1 Å². The molecule has 0 unspecified atom stereocenters. The molecule has 0 bridgehead atoms. The molecule has 296 valence electrons. The Morgan fingerprint density at radius 3 is 1.52 bits per heavy atom. The molecule has 0 radical (unpaired) electrons. The van der Waals surface area contributed by atoms with Gasteiger partial charge in [-0.25, -0.2) is 0 Å². The number of rotatable bonds is 6. The third-order valence-electron chi connectivity index (χ3n) is 14.5. The summed E-state index contributed by atoms with van der Waals surface area (Å²) in [4.78, 5) is 2.59. The van der Waals surface area contributed by atoms with Gasteiger partial charge < -0.3 is 4.90 Å². The fourth-order valence-corrected chi connectivity index (χ4v) is 19.9. The lowest BCUT2D eigenvalue weighted by molar-refractivity contribution is 0.660. The maximum absolute atomic E-state index is 2.85. The van der Waals surface area contributed by atoms with Crippen molar-refractivity contribution in [2.75, 3.05) is 4.90 Å². The van der Waals surface area contributed by atoms with Gasteiger partial charge in [0.25, 0.3) is 0 Å². The molecule has 0 aromatic heterocycles. The predicted octanol–water partition coefficient (Wildman–Crippen LogP) is 11.3. The Morgan fingerprint density at radius 2 is 0.839 bits per heavy atom. The lowest BCUT2D eigenvalue weighted by atomic mass is 9.82. The predicted molar refractivity (Wildman–Crippen MR) is 269 cm³/mol. The SMILES string of the molecule is CC1(C)c2ccccc2-c2ccc(N(c3cc(-c4ccccc4)cc([Si]4(c5ccccc5)c5ccccc5-c5ccccc54)c3)c3ccc4c(c3)[Si](C)(C)c3ccccc3-4)cc21. The van der Waals surface area contributed by atoms with E-state index in [-0.39, 0.29) is 5.41 Å². The van der Waals surface area contributed by atoms with Crippen LogP contribution in [0.3, 0.4) is 0 Å². The molecular formula is C59H47NSi2. The van der Waals surface area contributed by atoms with Crippen LogP contribution in [0.1, 0.15) is 25.0 Å². The topological polar surface area (TPSA) is 3.24 Å². The Labute approximate surface area is 367 Å². The fraction of sp³-hybridized carbons (Fsp3) is 0.0847. The fourth-order valence-electron chi connectivity index (χ4n) is 11.6. The van der Waals surface area contributed by atoms with Gasteiger partial charge in [-0.05, 0) is 123 Å². The molecule has 12 rings (SSSR count). The minimum Gasteiger partial charge on any atom is -0.310 e. The maximum atomic E-state index is 2.59. The Balaban J connectivity index is 1.17. The number of fused-ring (bicyclic) bond motifs is 9. The van der Waals surface area contributed by atoms with Crippen molar-refractivity contribution in [2.45, 2.75) is 32.4 Å². The summed E-state index contributed by atoms with van der Waals surface area (Å²) in [6, 6.07) is 81.2. The first-order chi connectivity index (χ1) is 30.3. The molecule has 0 saturated heterocycles. The Bertz CT molecular complexity index is 3100. The number of nitrogens with zero attached hydrogens (tertiary/aromatic N) is 1. The van der Waals surface area contributed by atoms with E-state index in [1.807, 2.05) is 0 Å². The molecule has 1 aliphatic carbocycles. The molecule has 0 fully saturated rings. The zero-order valence-corrected chi connectivity index (χ0v) is 37.7. The largest absolute Gasteiger partial charge is 0.310 e. The molecule has 3 heteroatoms. The molecular weight excluding hydrogens is 779 g/mol. The first-order valence-corrected chi connectivity index (χ1v) is 27.0.